The van der Waals surface area contributed by atoms with Crippen LogP contribution in [0.4, 0.5) is 13.2 Å². The van der Waals surface area contributed by atoms with E-state index in [-0.39, 0.29) is 28.4 Å². The van der Waals surface area contributed by atoms with Gasteiger partial charge in [0.1, 0.15) is 5.82 Å². The van der Waals surface area contributed by atoms with Crippen molar-refractivity contribution in [2.24, 2.45) is 5.73 Å². The zero-order valence-corrected chi connectivity index (χ0v) is 12.5. The van der Waals surface area contributed by atoms with Crippen LogP contribution in [-0.4, -0.2) is 27.4 Å². The van der Waals surface area contributed by atoms with E-state index in [2.05, 4.69) is 0 Å². The van der Waals surface area contributed by atoms with Crippen LogP contribution in [0.15, 0.2) is 17.0 Å². The molecule has 0 bridgehead atoms. The molecule has 3 N–H and O–H groups in total. The average Bonchev–Trinajstić information content (AvgIpc) is 2.25. The highest BCUT2D eigenvalue weighted by Gasteiger charge is 2.30. The summed E-state index contributed by atoms with van der Waals surface area (Å²) in [4.78, 5) is -0.193. The van der Waals surface area contributed by atoms with Crippen molar-refractivity contribution in [1.82, 2.24) is 4.72 Å². The third-order valence-corrected chi connectivity index (χ3v) is 4.22. The molecule has 0 aliphatic rings. The van der Waals surface area contributed by atoms with Crippen molar-refractivity contribution < 1.29 is 21.6 Å². The third kappa shape index (κ3) is 4.62. The van der Waals surface area contributed by atoms with E-state index >= 15 is 0 Å². The first-order chi connectivity index (χ1) is 8.59. The zero-order chi connectivity index (χ0) is 14.8. The van der Waals surface area contributed by atoms with Crippen LogP contribution in [-0.2, 0) is 10.0 Å². The standard InChI is InChI=1S/C11H15F3N2O2S.ClH/c1-7-3-9(12)4-8(2)10(7)19(17,18)16-6-11(13,14)5-15;/h3-4,16H,5-6,15H2,1-2H3;1H. The number of hydrogen-bond donors (Lipinski definition) is 2. The van der Waals surface area contributed by atoms with Crippen molar-refractivity contribution in [1.29, 1.82) is 0 Å². The van der Waals surface area contributed by atoms with Crippen molar-refractivity contribution in [2.45, 2.75) is 24.7 Å². The maximum absolute atomic E-state index is 13.1. The summed E-state index contributed by atoms with van der Waals surface area (Å²) in [6.07, 6.45) is 0. The Hall–Kier alpha value is -0.830. The van der Waals surface area contributed by atoms with E-state index in [1.165, 1.54) is 13.8 Å². The Labute approximate surface area is 122 Å². The number of nitrogens with two attached hydrogens (primary N) is 1. The van der Waals surface area contributed by atoms with Gasteiger partial charge >= 0.3 is 0 Å². The molecule has 4 nitrogen and oxygen atoms in total. The van der Waals surface area contributed by atoms with E-state index < -0.39 is 34.9 Å². The predicted octanol–water partition coefficient (Wildman–Crippen LogP) is 1.74. The molecule has 0 aliphatic carbocycles. The number of hydrogen-bond acceptors (Lipinski definition) is 3. The largest absolute Gasteiger partial charge is 0.325 e. The lowest BCUT2D eigenvalue weighted by atomic mass is 10.1. The Morgan fingerprint density at radius 1 is 1.25 bits per heavy atom. The molecule has 116 valence electrons. The summed E-state index contributed by atoms with van der Waals surface area (Å²) in [5, 5.41) is 0. The van der Waals surface area contributed by atoms with Gasteiger partial charge in [0.05, 0.1) is 18.0 Å². The highest BCUT2D eigenvalue weighted by atomic mass is 35.5. The van der Waals surface area contributed by atoms with E-state index in [4.69, 9.17) is 5.73 Å². The molecule has 0 fully saturated rings. The molecule has 0 atom stereocenters. The number of sulfonamides is 1. The highest BCUT2D eigenvalue weighted by Crippen LogP contribution is 2.22. The minimum absolute atomic E-state index is 0. The first-order valence-corrected chi connectivity index (χ1v) is 6.92. The summed E-state index contributed by atoms with van der Waals surface area (Å²) in [6.45, 7) is 0.733. The van der Waals surface area contributed by atoms with E-state index in [0.29, 0.717) is 0 Å². The molecule has 0 amide bonds. The fourth-order valence-electron chi connectivity index (χ4n) is 1.67. The summed E-state index contributed by atoms with van der Waals surface area (Å²) < 4.78 is 64.6. The molecule has 0 spiro atoms. The second-order valence-electron chi connectivity index (χ2n) is 4.25. The van der Waals surface area contributed by atoms with Crippen LogP contribution in [0.5, 0.6) is 0 Å². The smallest absolute Gasteiger partial charge is 0.273 e. The molecule has 0 radical (unpaired) electrons. The molecular weight excluding hydrogens is 317 g/mol. The SMILES string of the molecule is Cc1cc(F)cc(C)c1S(=O)(=O)NCC(F)(F)CN.Cl. The van der Waals surface area contributed by atoms with Crippen molar-refractivity contribution in [3.63, 3.8) is 0 Å². The summed E-state index contributed by atoms with van der Waals surface area (Å²) in [5.41, 5.74) is 5.13. The first kappa shape index (κ1) is 19.2. The van der Waals surface area contributed by atoms with Crippen molar-refractivity contribution in [2.75, 3.05) is 13.1 Å². The Balaban J connectivity index is 0.00000361. The molecule has 1 aromatic carbocycles. The zero-order valence-electron chi connectivity index (χ0n) is 10.9. The molecule has 1 rings (SSSR count). The fourth-order valence-corrected chi connectivity index (χ4v) is 3.18. The quantitative estimate of drug-likeness (QED) is 0.862. The van der Waals surface area contributed by atoms with E-state index in [9.17, 15) is 21.6 Å². The van der Waals surface area contributed by atoms with Gasteiger partial charge in [0.2, 0.25) is 10.0 Å². The van der Waals surface area contributed by atoms with E-state index in [1.807, 2.05) is 0 Å². The Morgan fingerprint density at radius 2 is 1.70 bits per heavy atom. The summed E-state index contributed by atoms with van der Waals surface area (Å²) in [6, 6.07) is 2.06. The van der Waals surface area contributed by atoms with Crippen molar-refractivity contribution in [3.8, 4) is 0 Å². The molecule has 0 saturated heterocycles. The van der Waals surface area contributed by atoms with Gasteiger partial charge in [0.15, 0.2) is 0 Å². The molecular formula is C11H16ClF3N2O2S. The summed E-state index contributed by atoms with van der Waals surface area (Å²) >= 11 is 0. The maximum Gasteiger partial charge on any atom is 0.273 e. The van der Waals surface area contributed by atoms with Crippen LogP contribution in [0.2, 0.25) is 0 Å². The Morgan fingerprint density at radius 3 is 2.10 bits per heavy atom. The number of benzene rings is 1. The van der Waals surface area contributed by atoms with Crippen molar-refractivity contribution in [3.05, 3.63) is 29.1 Å². The normalized spacial score (nSPS) is 12.1. The van der Waals surface area contributed by atoms with Crippen LogP contribution >= 0.6 is 12.4 Å². The Bertz CT molecular complexity index is 556. The number of halogens is 4. The molecule has 0 aliphatic heterocycles. The van der Waals surface area contributed by atoms with E-state index in [0.717, 1.165) is 12.1 Å². The lowest BCUT2D eigenvalue weighted by Crippen LogP contribution is -2.41. The fraction of sp³-hybridized carbons (Fsp3) is 0.455. The van der Waals surface area contributed by atoms with Gasteiger partial charge in [-0.15, -0.1) is 12.4 Å². The average molecular weight is 333 g/mol. The number of nitrogens with one attached hydrogen (secondary N) is 1. The minimum atomic E-state index is -4.13. The van der Waals surface area contributed by atoms with Gasteiger partial charge in [0, 0.05) is 0 Å². The molecule has 0 aromatic heterocycles. The van der Waals surface area contributed by atoms with Gasteiger partial charge in [-0.2, -0.15) is 0 Å². The van der Waals surface area contributed by atoms with Crippen LogP contribution in [0.3, 0.4) is 0 Å². The molecule has 9 heteroatoms. The molecule has 1 aromatic rings. The number of aryl methyl sites for hydroxylation is 2. The van der Waals surface area contributed by atoms with Crippen LogP contribution in [0.1, 0.15) is 11.1 Å². The monoisotopic (exact) mass is 332 g/mol. The first-order valence-electron chi connectivity index (χ1n) is 5.43. The highest BCUT2D eigenvalue weighted by molar-refractivity contribution is 7.89. The lowest BCUT2D eigenvalue weighted by molar-refractivity contribution is 0.0170. The van der Waals surface area contributed by atoms with E-state index in [1.54, 1.807) is 4.72 Å². The number of rotatable bonds is 5. The van der Waals surface area contributed by atoms with Gasteiger partial charge in [-0.05, 0) is 37.1 Å². The minimum Gasteiger partial charge on any atom is -0.325 e. The van der Waals surface area contributed by atoms with Crippen LogP contribution in [0.25, 0.3) is 0 Å². The molecule has 20 heavy (non-hydrogen) atoms. The van der Waals surface area contributed by atoms with Crippen LogP contribution < -0.4 is 10.5 Å². The summed E-state index contributed by atoms with van der Waals surface area (Å²) in [7, 11) is -4.13. The van der Waals surface area contributed by atoms with Gasteiger partial charge < -0.3 is 5.73 Å². The Kier molecular flexibility index (Phi) is 6.47. The topological polar surface area (TPSA) is 72.2 Å². The maximum atomic E-state index is 13.1. The van der Waals surface area contributed by atoms with Crippen LogP contribution in [0, 0.1) is 19.7 Å². The van der Waals surface area contributed by atoms with Gasteiger partial charge in [-0.3, -0.25) is 0 Å². The predicted molar refractivity (Wildman–Crippen MR) is 72.3 cm³/mol. The second kappa shape index (κ2) is 6.75. The van der Waals surface area contributed by atoms with Gasteiger partial charge in [-0.25, -0.2) is 26.3 Å². The van der Waals surface area contributed by atoms with Gasteiger partial charge in [0.25, 0.3) is 5.92 Å². The van der Waals surface area contributed by atoms with Crippen molar-refractivity contribution >= 4 is 22.4 Å². The molecule has 0 unspecified atom stereocenters. The van der Waals surface area contributed by atoms with Gasteiger partial charge in [-0.1, -0.05) is 0 Å². The lowest BCUT2D eigenvalue weighted by Gasteiger charge is -2.16. The molecule has 0 saturated carbocycles. The number of alkyl halides is 2. The second-order valence-corrected chi connectivity index (χ2v) is 5.96. The molecule has 0 heterocycles. The summed E-state index contributed by atoms with van der Waals surface area (Å²) in [5.74, 6) is -3.91. The third-order valence-electron chi connectivity index (χ3n) is 2.51.